The molecule has 0 spiro atoms. The van der Waals surface area contributed by atoms with E-state index in [1.54, 1.807) is 12.1 Å². The lowest BCUT2D eigenvalue weighted by Gasteiger charge is -2.10. The Labute approximate surface area is 114 Å². The Balaban J connectivity index is 2.63. The summed E-state index contributed by atoms with van der Waals surface area (Å²) in [4.78, 5) is 7.51. The average molecular weight is 288 g/mol. The number of hydrogen-bond acceptors (Lipinski definition) is 3. The zero-order chi connectivity index (χ0) is 12.6. The first kappa shape index (κ1) is 12.6. The van der Waals surface area contributed by atoms with Gasteiger partial charge in [0.2, 0.25) is 0 Å². The summed E-state index contributed by atoms with van der Waals surface area (Å²) in [5.41, 5.74) is 1.51. The molecule has 90 valence electrons. The molecule has 1 aromatic heterocycles. The van der Waals surface area contributed by atoms with E-state index in [1.165, 1.54) is 0 Å². The normalized spacial score (nSPS) is 11.1. The van der Waals surface area contributed by atoms with E-state index < -0.39 is 0 Å². The lowest BCUT2D eigenvalue weighted by atomic mass is 10.3. The number of fused-ring (bicyclic) bond motifs is 1. The lowest BCUT2D eigenvalue weighted by Crippen LogP contribution is -2.12. The maximum atomic E-state index is 5.95. The minimum atomic E-state index is 0.262. The summed E-state index contributed by atoms with van der Waals surface area (Å²) in [6, 6.07) is 3.70. The van der Waals surface area contributed by atoms with Crippen molar-refractivity contribution < 1.29 is 0 Å². The van der Waals surface area contributed by atoms with E-state index >= 15 is 0 Å². The molecule has 0 aliphatic heterocycles. The summed E-state index contributed by atoms with van der Waals surface area (Å²) in [5, 5.41) is 4.14. The fourth-order valence-corrected chi connectivity index (χ4v) is 1.99. The summed E-state index contributed by atoms with van der Waals surface area (Å²) in [5.74, 6) is 0.654. The first-order valence-corrected chi connectivity index (χ1v) is 6.29. The number of rotatable bonds is 2. The van der Waals surface area contributed by atoms with Crippen LogP contribution in [0.25, 0.3) is 11.0 Å². The van der Waals surface area contributed by atoms with Gasteiger partial charge in [-0.25, -0.2) is 4.98 Å². The summed E-state index contributed by atoms with van der Waals surface area (Å²) in [7, 11) is 0. The van der Waals surface area contributed by atoms with E-state index in [-0.39, 0.29) is 6.04 Å². The molecule has 0 saturated carbocycles. The molecule has 0 bridgehead atoms. The molecule has 0 unspecified atom stereocenters. The molecule has 3 nitrogen and oxygen atoms in total. The lowest BCUT2D eigenvalue weighted by molar-refractivity contribution is 0.887. The molecule has 0 fully saturated rings. The fraction of sp³-hybridized carbons (Fsp3) is 0.273. The summed E-state index contributed by atoms with van der Waals surface area (Å²) < 4.78 is 0.560. The number of H-pyrrole nitrogens is 1. The second-order valence-electron chi connectivity index (χ2n) is 4.00. The second kappa shape index (κ2) is 4.80. The largest absolute Gasteiger partial charge is 0.365 e. The molecule has 0 aliphatic carbocycles. The summed E-state index contributed by atoms with van der Waals surface area (Å²) >= 11 is 17.1. The van der Waals surface area contributed by atoms with Crippen molar-refractivity contribution in [2.75, 3.05) is 5.32 Å². The minimum Gasteiger partial charge on any atom is -0.365 e. The van der Waals surface area contributed by atoms with Gasteiger partial charge in [0.05, 0.1) is 21.1 Å². The van der Waals surface area contributed by atoms with Crippen molar-refractivity contribution in [3.63, 3.8) is 0 Å². The molecule has 1 heterocycles. The van der Waals surface area contributed by atoms with Crippen molar-refractivity contribution in [1.29, 1.82) is 0 Å². The molecule has 0 radical (unpaired) electrons. The highest BCUT2D eigenvalue weighted by molar-refractivity contribution is 7.71. The third kappa shape index (κ3) is 2.70. The smallest absolute Gasteiger partial charge is 0.162 e. The predicted octanol–water partition coefficient (Wildman–Crippen LogP) is 4.42. The summed E-state index contributed by atoms with van der Waals surface area (Å²) in [6.45, 7) is 4.05. The molecule has 6 heteroatoms. The van der Waals surface area contributed by atoms with E-state index in [0.717, 1.165) is 11.0 Å². The number of anilines is 1. The molecule has 0 saturated heterocycles. The molecule has 2 aromatic rings. The van der Waals surface area contributed by atoms with Crippen LogP contribution in [-0.2, 0) is 0 Å². The molecule has 2 rings (SSSR count). The second-order valence-corrected chi connectivity index (χ2v) is 5.22. The maximum absolute atomic E-state index is 5.95. The van der Waals surface area contributed by atoms with Gasteiger partial charge in [-0.2, -0.15) is 0 Å². The Kier molecular flexibility index (Phi) is 3.56. The van der Waals surface area contributed by atoms with E-state index in [0.29, 0.717) is 20.5 Å². The van der Waals surface area contributed by atoms with E-state index in [4.69, 9.17) is 35.4 Å². The van der Waals surface area contributed by atoms with Crippen molar-refractivity contribution in [3.8, 4) is 0 Å². The van der Waals surface area contributed by atoms with Crippen LogP contribution >= 0.6 is 35.4 Å². The van der Waals surface area contributed by atoms with Crippen molar-refractivity contribution in [1.82, 2.24) is 9.97 Å². The monoisotopic (exact) mass is 287 g/mol. The molecule has 0 aliphatic rings. The van der Waals surface area contributed by atoms with Crippen LogP contribution in [-0.4, -0.2) is 16.0 Å². The number of aromatic amines is 1. The van der Waals surface area contributed by atoms with Gasteiger partial charge < -0.3 is 10.3 Å². The van der Waals surface area contributed by atoms with Crippen LogP contribution in [0.5, 0.6) is 0 Å². The minimum absolute atomic E-state index is 0.262. The Morgan fingerprint density at radius 1 is 1.29 bits per heavy atom. The van der Waals surface area contributed by atoms with Crippen molar-refractivity contribution in [2.45, 2.75) is 19.9 Å². The van der Waals surface area contributed by atoms with Gasteiger partial charge in [-0.3, -0.25) is 0 Å². The Morgan fingerprint density at radius 2 is 1.94 bits per heavy atom. The number of aromatic nitrogens is 2. The molecular formula is C11H11Cl2N3S. The third-order valence-electron chi connectivity index (χ3n) is 2.16. The van der Waals surface area contributed by atoms with Gasteiger partial charge in [-0.15, -0.1) is 0 Å². The zero-order valence-electron chi connectivity index (χ0n) is 9.34. The van der Waals surface area contributed by atoms with Gasteiger partial charge in [0.25, 0.3) is 0 Å². The highest BCUT2D eigenvalue weighted by Gasteiger charge is 2.06. The summed E-state index contributed by atoms with van der Waals surface area (Å²) in [6.07, 6.45) is 0. The first-order chi connectivity index (χ1) is 7.97. The van der Waals surface area contributed by atoms with Crippen molar-refractivity contribution in [3.05, 3.63) is 26.8 Å². The fourth-order valence-electron chi connectivity index (χ4n) is 1.45. The highest BCUT2D eigenvalue weighted by atomic mass is 35.5. The van der Waals surface area contributed by atoms with Gasteiger partial charge in [0, 0.05) is 6.04 Å². The molecule has 1 aromatic carbocycles. The molecule has 17 heavy (non-hydrogen) atoms. The molecule has 2 N–H and O–H groups in total. The van der Waals surface area contributed by atoms with Crippen LogP contribution in [0.15, 0.2) is 12.1 Å². The third-order valence-corrected chi connectivity index (χ3v) is 3.18. The van der Waals surface area contributed by atoms with Gasteiger partial charge in [-0.1, -0.05) is 35.4 Å². The zero-order valence-corrected chi connectivity index (χ0v) is 11.7. The molecule has 0 atom stereocenters. The first-order valence-electron chi connectivity index (χ1n) is 5.13. The highest BCUT2D eigenvalue weighted by Crippen LogP contribution is 2.26. The number of benzene rings is 1. The SMILES string of the molecule is CC(C)Nc1nc2cc(Cl)c(Cl)cc2[nH]c1=S. The van der Waals surface area contributed by atoms with Gasteiger partial charge in [0.1, 0.15) is 4.64 Å². The van der Waals surface area contributed by atoms with Crippen LogP contribution in [0.4, 0.5) is 5.82 Å². The number of nitrogens with zero attached hydrogens (tertiary/aromatic N) is 1. The predicted molar refractivity (Wildman–Crippen MR) is 75.7 cm³/mol. The Bertz CT molecular complexity index is 622. The number of halogens is 2. The Hall–Kier alpha value is -0.840. The topological polar surface area (TPSA) is 40.7 Å². The van der Waals surface area contributed by atoms with E-state index in [1.807, 2.05) is 13.8 Å². The van der Waals surface area contributed by atoms with E-state index in [9.17, 15) is 0 Å². The van der Waals surface area contributed by atoms with Crippen LogP contribution in [0.2, 0.25) is 10.0 Å². The van der Waals surface area contributed by atoms with Crippen molar-refractivity contribution in [2.24, 2.45) is 0 Å². The van der Waals surface area contributed by atoms with Crippen LogP contribution in [0.3, 0.4) is 0 Å². The molecular weight excluding hydrogens is 277 g/mol. The number of nitrogens with one attached hydrogen (secondary N) is 2. The Morgan fingerprint density at radius 3 is 2.59 bits per heavy atom. The maximum Gasteiger partial charge on any atom is 0.162 e. The van der Waals surface area contributed by atoms with Gasteiger partial charge in [-0.05, 0) is 26.0 Å². The van der Waals surface area contributed by atoms with Crippen LogP contribution in [0.1, 0.15) is 13.8 Å². The average Bonchev–Trinajstić information content (AvgIpc) is 2.22. The number of hydrogen-bond donors (Lipinski definition) is 2. The standard InChI is InChI=1S/C11H11Cl2N3S/c1-5(2)14-10-11(17)16-9-4-7(13)6(12)3-8(9)15-10/h3-5H,1-2H3,(H,14,15)(H,16,17). The van der Waals surface area contributed by atoms with Gasteiger partial charge in [0.15, 0.2) is 5.82 Å². The van der Waals surface area contributed by atoms with Crippen LogP contribution < -0.4 is 5.32 Å². The van der Waals surface area contributed by atoms with Gasteiger partial charge >= 0.3 is 0 Å². The van der Waals surface area contributed by atoms with E-state index in [2.05, 4.69) is 15.3 Å². The quantitative estimate of drug-likeness (QED) is 0.804. The van der Waals surface area contributed by atoms with Crippen molar-refractivity contribution >= 4 is 52.3 Å². The molecule has 0 amide bonds. The van der Waals surface area contributed by atoms with Crippen LogP contribution in [0, 0.1) is 4.64 Å².